The second kappa shape index (κ2) is 5.13. The molecule has 0 heterocycles. The Bertz CT molecular complexity index is 546. The van der Waals surface area contributed by atoms with Crippen molar-refractivity contribution in [3.63, 3.8) is 0 Å². The maximum absolute atomic E-state index is 13.5. The second-order valence-electron chi connectivity index (χ2n) is 4.43. The van der Waals surface area contributed by atoms with Gasteiger partial charge < -0.3 is 5.73 Å². The monoisotopic (exact) mass is 292 g/mol. The molecular weight excluding hydrogens is 279 g/mol. The highest BCUT2D eigenvalue weighted by atomic mass is 35.5. The van der Waals surface area contributed by atoms with Gasteiger partial charge in [-0.2, -0.15) is 0 Å². The second-order valence-corrected chi connectivity index (χ2v) is 6.60. The van der Waals surface area contributed by atoms with Crippen LogP contribution >= 0.6 is 11.6 Å². The summed E-state index contributed by atoms with van der Waals surface area (Å²) in [7, 11) is -3.87. The summed E-state index contributed by atoms with van der Waals surface area (Å²) in [6.45, 7) is 0.120. The minimum Gasteiger partial charge on any atom is -0.326 e. The molecule has 0 saturated heterocycles. The van der Waals surface area contributed by atoms with Crippen LogP contribution in [-0.2, 0) is 10.0 Å². The third kappa shape index (κ3) is 3.20. The molecule has 0 aromatic heterocycles. The first kappa shape index (κ1) is 13.7. The standard InChI is InChI=1S/C11H14ClFN2O2S/c12-8-3-4-11(9(13)5-8)18(16,17)15-6-10(14)7-1-2-7/h3-5,7,10,15H,1-2,6,14H2. The van der Waals surface area contributed by atoms with Gasteiger partial charge in [0.05, 0.1) is 0 Å². The van der Waals surface area contributed by atoms with Crippen LogP contribution in [0.5, 0.6) is 0 Å². The van der Waals surface area contributed by atoms with Crippen LogP contribution in [0.25, 0.3) is 0 Å². The third-order valence-electron chi connectivity index (χ3n) is 2.92. The van der Waals surface area contributed by atoms with E-state index in [4.69, 9.17) is 17.3 Å². The molecule has 1 fully saturated rings. The topological polar surface area (TPSA) is 72.2 Å². The molecule has 2 rings (SSSR count). The molecule has 1 aliphatic rings. The fourth-order valence-corrected chi connectivity index (χ4v) is 2.96. The van der Waals surface area contributed by atoms with Crippen molar-refractivity contribution in [2.75, 3.05) is 6.54 Å². The zero-order valence-corrected chi connectivity index (χ0v) is 11.1. The summed E-state index contributed by atoms with van der Waals surface area (Å²) >= 11 is 5.57. The van der Waals surface area contributed by atoms with Crippen molar-refractivity contribution in [3.05, 3.63) is 29.0 Å². The molecule has 0 bridgehead atoms. The number of rotatable bonds is 5. The van der Waals surface area contributed by atoms with Crippen molar-refractivity contribution >= 4 is 21.6 Å². The van der Waals surface area contributed by atoms with Crippen LogP contribution in [-0.4, -0.2) is 21.0 Å². The first-order valence-corrected chi connectivity index (χ1v) is 7.46. The van der Waals surface area contributed by atoms with E-state index < -0.39 is 20.7 Å². The molecule has 0 spiro atoms. The Balaban J connectivity index is 2.09. The van der Waals surface area contributed by atoms with Crippen molar-refractivity contribution in [2.45, 2.75) is 23.8 Å². The van der Waals surface area contributed by atoms with Gasteiger partial charge in [0.15, 0.2) is 0 Å². The molecule has 0 aliphatic heterocycles. The highest BCUT2D eigenvalue weighted by Crippen LogP contribution is 2.31. The number of nitrogens with one attached hydrogen (secondary N) is 1. The van der Waals surface area contributed by atoms with Gasteiger partial charge >= 0.3 is 0 Å². The Morgan fingerprint density at radius 2 is 2.17 bits per heavy atom. The number of benzene rings is 1. The summed E-state index contributed by atoms with van der Waals surface area (Å²) in [5.41, 5.74) is 5.78. The summed E-state index contributed by atoms with van der Waals surface area (Å²) in [5.74, 6) is -0.488. The van der Waals surface area contributed by atoms with Gasteiger partial charge in [0.1, 0.15) is 10.7 Å². The van der Waals surface area contributed by atoms with E-state index in [-0.39, 0.29) is 17.6 Å². The van der Waals surface area contributed by atoms with E-state index in [0.717, 1.165) is 25.0 Å². The van der Waals surface area contributed by atoms with Crippen LogP contribution < -0.4 is 10.5 Å². The number of hydrogen-bond acceptors (Lipinski definition) is 3. The zero-order valence-electron chi connectivity index (χ0n) is 9.57. The molecular formula is C11H14ClFN2O2S. The molecule has 1 atom stereocenters. The summed E-state index contributed by atoms with van der Waals surface area (Å²) in [6.07, 6.45) is 2.05. The highest BCUT2D eigenvalue weighted by molar-refractivity contribution is 7.89. The fraction of sp³-hybridized carbons (Fsp3) is 0.455. The van der Waals surface area contributed by atoms with Crippen LogP contribution in [0.4, 0.5) is 4.39 Å². The van der Waals surface area contributed by atoms with Crippen molar-refractivity contribution in [3.8, 4) is 0 Å². The van der Waals surface area contributed by atoms with E-state index in [0.29, 0.717) is 5.92 Å². The lowest BCUT2D eigenvalue weighted by Gasteiger charge is -2.12. The normalized spacial score (nSPS) is 17.7. The lowest BCUT2D eigenvalue weighted by Crippen LogP contribution is -2.38. The number of nitrogens with two attached hydrogens (primary N) is 1. The van der Waals surface area contributed by atoms with Crippen LogP contribution in [0.1, 0.15) is 12.8 Å². The van der Waals surface area contributed by atoms with Gasteiger partial charge in [0, 0.05) is 17.6 Å². The molecule has 7 heteroatoms. The summed E-state index contributed by atoms with van der Waals surface area (Å²) in [4.78, 5) is -0.408. The highest BCUT2D eigenvalue weighted by Gasteiger charge is 2.29. The Morgan fingerprint density at radius 1 is 1.50 bits per heavy atom. The summed E-state index contributed by atoms with van der Waals surface area (Å²) < 4.78 is 39.6. The van der Waals surface area contributed by atoms with Crippen molar-refractivity contribution in [1.29, 1.82) is 0 Å². The summed E-state index contributed by atoms with van der Waals surface area (Å²) in [6, 6.07) is 3.23. The van der Waals surface area contributed by atoms with Crippen molar-refractivity contribution in [2.24, 2.45) is 11.7 Å². The SMILES string of the molecule is NC(CNS(=O)(=O)c1ccc(Cl)cc1F)C1CC1. The van der Waals surface area contributed by atoms with Crippen molar-refractivity contribution in [1.82, 2.24) is 4.72 Å². The van der Waals surface area contributed by atoms with Gasteiger partial charge in [-0.15, -0.1) is 0 Å². The van der Waals surface area contributed by atoms with E-state index >= 15 is 0 Å². The Hall–Kier alpha value is -0.690. The number of halogens is 2. The van der Waals surface area contributed by atoms with E-state index in [1.165, 1.54) is 6.07 Å². The lowest BCUT2D eigenvalue weighted by molar-refractivity contribution is 0.536. The molecule has 0 amide bonds. The van der Waals surface area contributed by atoms with E-state index in [1.54, 1.807) is 0 Å². The van der Waals surface area contributed by atoms with Crippen LogP contribution in [0.2, 0.25) is 5.02 Å². The zero-order chi connectivity index (χ0) is 13.3. The average Bonchev–Trinajstić information content (AvgIpc) is 3.09. The molecule has 18 heavy (non-hydrogen) atoms. The molecule has 3 N–H and O–H groups in total. The molecule has 4 nitrogen and oxygen atoms in total. The third-order valence-corrected chi connectivity index (χ3v) is 4.61. The fourth-order valence-electron chi connectivity index (χ4n) is 1.67. The average molecular weight is 293 g/mol. The summed E-state index contributed by atoms with van der Waals surface area (Å²) in [5, 5.41) is 0.154. The molecule has 0 radical (unpaired) electrons. The molecule has 1 unspecified atom stereocenters. The molecule has 1 saturated carbocycles. The maximum atomic E-state index is 13.5. The van der Waals surface area contributed by atoms with Crippen LogP contribution in [0, 0.1) is 11.7 Å². The first-order valence-electron chi connectivity index (χ1n) is 5.60. The largest absolute Gasteiger partial charge is 0.326 e. The van der Waals surface area contributed by atoms with E-state index in [1.807, 2.05) is 0 Å². The quantitative estimate of drug-likeness (QED) is 0.864. The predicted molar refractivity (Wildman–Crippen MR) is 67.3 cm³/mol. The minimum atomic E-state index is -3.87. The van der Waals surface area contributed by atoms with Gasteiger partial charge in [0.25, 0.3) is 0 Å². The Labute approximate surface area is 110 Å². The van der Waals surface area contributed by atoms with Gasteiger partial charge in [-0.25, -0.2) is 17.5 Å². The van der Waals surface area contributed by atoms with Crippen molar-refractivity contribution < 1.29 is 12.8 Å². The smallest absolute Gasteiger partial charge is 0.243 e. The molecule has 1 aliphatic carbocycles. The molecule has 100 valence electrons. The minimum absolute atomic E-state index is 0.120. The van der Waals surface area contributed by atoms with Crippen LogP contribution in [0.3, 0.4) is 0 Å². The van der Waals surface area contributed by atoms with Gasteiger partial charge in [-0.05, 0) is 37.0 Å². The predicted octanol–water partition coefficient (Wildman–Crippen LogP) is 1.49. The number of sulfonamides is 1. The molecule has 1 aromatic carbocycles. The molecule has 1 aromatic rings. The van der Waals surface area contributed by atoms with Crippen LogP contribution in [0.15, 0.2) is 23.1 Å². The van der Waals surface area contributed by atoms with E-state index in [2.05, 4.69) is 4.72 Å². The van der Waals surface area contributed by atoms with Gasteiger partial charge in [-0.3, -0.25) is 0 Å². The van der Waals surface area contributed by atoms with Gasteiger partial charge in [0.2, 0.25) is 10.0 Å². The maximum Gasteiger partial charge on any atom is 0.243 e. The van der Waals surface area contributed by atoms with E-state index in [9.17, 15) is 12.8 Å². The number of hydrogen-bond donors (Lipinski definition) is 2. The Morgan fingerprint density at radius 3 is 2.72 bits per heavy atom. The lowest BCUT2D eigenvalue weighted by atomic mass is 10.2. The Kier molecular flexibility index (Phi) is 3.91. The first-order chi connectivity index (χ1) is 8.40. The van der Waals surface area contributed by atoms with Gasteiger partial charge in [-0.1, -0.05) is 11.6 Å².